The number of benzene rings is 1. The van der Waals surface area contributed by atoms with Gasteiger partial charge in [0.1, 0.15) is 5.82 Å². The molecule has 0 spiro atoms. The summed E-state index contributed by atoms with van der Waals surface area (Å²) in [5.74, 6) is -0.369. The minimum atomic E-state index is -0.344. The van der Waals surface area contributed by atoms with Gasteiger partial charge in [0.15, 0.2) is 0 Å². The molecule has 0 saturated carbocycles. The van der Waals surface area contributed by atoms with Crippen molar-refractivity contribution in [1.82, 2.24) is 10.2 Å². The Hall–Kier alpha value is -1.42. The summed E-state index contributed by atoms with van der Waals surface area (Å²) in [6.07, 6.45) is 5.60. The van der Waals surface area contributed by atoms with E-state index in [1.807, 2.05) is 4.90 Å². The number of amides is 1. The lowest BCUT2D eigenvalue weighted by Gasteiger charge is -2.39. The van der Waals surface area contributed by atoms with Crippen molar-refractivity contribution in [2.45, 2.75) is 44.2 Å². The van der Waals surface area contributed by atoms with E-state index in [1.165, 1.54) is 25.0 Å². The smallest absolute Gasteiger partial charge is 0.254 e. The summed E-state index contributed by atoms with van der Waals surface area (Å²) >= 11 is 0. The van der Waals surface area contributed by atoms with Crippen molar-refractivity contribution in [3.8, 4) is 0 Å². The molecule has 2 saturated heterocycles. The molecule has 1 amide bonds. The van der Waals surface area contributed by atoms with Crippen LogP contribution in [0.2, 0.25) is 0 Å². The van der Waals surface area contributed by atoms with Crippen LogP contribution in [0.15, 0.2) is 24.3 Å². The number of hydrogen-bond acceptors (Lipinski definition) is 2. The number of nitrogens with one attached hydrogen (secondary N) is 1. The fraction of sp³-hybridized carbons (Fsp3) is 0.562. The quantitative estimate of drug-likeness (QED) is 0.900. The molecule has 0 aliphatic carbocycles. The van der Waals surface area contributed by atoms with Crippen LogP contribution in [0, 0.1) is 5.82 Å². The van der Waals surface area contributed by atoms with Gasteiger partial charge in [-0.05, 0) is 56.8 Å². The van der Waals surface area contributed by atoms with Gasteiger partial charge in [-0.1, -0.05) is 6.07 Å². The van der Waals surface area contributed by atoms with Gasteiger partial charge in [0.05, 0.1) is 0 Å². The molecule has 0 bridgehead atoms. The fourth-order valence-corrected chi connectivity index (χ4v) is 3.46. The molecule has 3 nitrogen and oxygen atoms in total. The Morgan fingerprint density at radius 2 is 2.15 bits per heavy atom. The molecule has 2 aliphatic heterocycles. The van der Waals surface area contributed by atoms with Gasteiger partial charge in [0, 0.05) is 24.2 Å². The van der Waals surface area contributed by atoms with Crippen molar-refractivity contribution in [3.63, 3.8) is 0 Å². The number of nitrogens with zero attached hydrogens (tertiary/aromatic N) is 1. The van der Waals surface area contributed by atoms with Gasteiger partial charge in [-0.2, -0.15) is 0 Å². The Kier molecular flexibility index (Phi) is 4.01. The molecule has 2 fully saturated rings. The van der Waals surface area contributed by atoms with E-state index in [0.29, 0.717) is 11.6 Å². The molecular weight excluding hydrogens is 255 g/mol. The number of piperidine rings is 1. The van der Waals surface area contributed by atoms with Crippen LogP contribution in [-0.4, -0.2) is 36.0 Å². The second kappa shape index (κ2) is 5.92. The molecule has 2 unspecified atom stereocenters. The highest BCUT2D eigenvalue weighted by molar-refractivity contribution is 5.94. The second-order valence-electron chi connectivity index (χ2n) is 5.77. The minimum absolute atomic E-state index is 0.0251. The van der Waals surface area contributed by atoms with Crippen molar-refractivity contribution < 1.29 is 9.18 Å². The summed E-state index contributed by atoms with van der Waals surface area (Å²) in [6, 6.07) is 6.71. The lowest BCUT2D eigenvalue weighted by atomic mass is 9.93. The van der Waals surface area contributed by atoms with Gasteiger partial charge >= 0.3 is 0 Å². The maximum absolute atomic E-state index is 13.3. The SMILES string of the molecule is O=C(c1cccc(F)c1)N1CCCCC1C1CCCN1. The first-order valence-electron chi connectivity index (χ1n) is 7.55. The van der Waals surface area contributed by atoms with Gasteiger partial charge in [-0.25, -0.2) is 4.39 Å². The predicted molar refractivity (Wildman–Crippen MR) is 76.1 cm³/mol. The number of rotatable bonds is 2. The molecule has 4 heteroatoms. The lowest BCUT2D eigenvalue weighted by molar-refractivity contribution is 0.0563. The molecule has 0 aromatic heterocycles. The Morgan fingerprint density at radius 3 is 2.90 bits per heavy atom. The van der Waals surface area contributed by atoms with Crippen LogP contribution in [0.1, 0.15) is 42.5 Å². The zero-order valence-corrected chi connectivity index (χ0v) is 11.6. The first kappa shape index (κ1) is 13.6. The third-order valence-electron chi connectivity index (χ3n) is 4.44. The monoisotopic (exact) mass is 276 g/mol. The first-order chi connectivity index (χ1) is 9.75. The first-order valence-corrected chi connectivity index (χ1v) is 7.55. The number of hydrogen-bond donors (Lipinski definition) is 1. The third-order valence-corrected chi connectivity index (χ3v) is 4.44. The molecule has 2 atom stereocenters. The predicted octanol–water partition coefficient (Wildman–Crippen LogP) is 2.57. The van der Waals surface area contributed by atoms with E-state index in [9.17, 15) is 9.18 Å². The Morgan fingerprint density at radius 1 is 1.25 bits per heavy atom. The van der Waals surface area contributed by atoms with Gasteiger partial charge < -0.3 is 10.2 Å². The summed E-state index contributed by atoms with van der Waals surface area (Å²) < 4.78 is 13.3. The minimum Gasteiger partial charge on any atom is -0.334 e. The number of carbonyl (C=O) groups is 1. The molecule has 2 aliphatic rings. The average Bonchev–Trinajstić information content (AvgIpc) is 3.00. The van der Waals surface area contributed by atoms with Crippen molar-refractivity contribution in [3.05, 3.63) is 35.6 Å². The van der Waals surface area contributed by atoms with Gasteiger partial charge in [-0.3, -0.25) is 4.79 Å². The van der Waals surface area contributed by atoms with Crippen LogP contribution in [-0.2, 0) is 0 Å². The molecule has 20 heavy (non-hydrogen) atoms. The van der Waals surface area contributed by atoms with E-state index in [4.69, 9.17) is 0 Å². The molecule has 2 heterocycles. The van der Waals surface area contributed by atoms with Crippen LogP contribution >= 0.6 is 0 Å². The fourth-order valence-electron chi connectivity index (χ4n) is 3.46. The van der Waals surface area contributed by atoms with E-state index in [-0.39, 0.29) is 17.8 Å². The molecule has 0 radical (unpaired) electrons. The molecule has 108 valence electrons. The summed E-state index contributed by atoms with van der Waals surface area (Å²) in [6.45, 7) is 1.83. The third kappa shape index (κ3) is 2.70. The highest BCUT2D eigenvalue weighted by Gasteiger charge is 2.34. The normalized spacial score (nSPS) is 26.8. The van der Waals surface area contributed by atoms with Crippen molar-refractivity contribution >= 4 is 5.91 Å². The molecular formula is C16H21FN2O. The summed E-state index contributed by atoms with van der Waals surface area (Å²) in [5, 5.41) is 3.51. The van der Waals surface area contributed by atoms with E-state index < -0.39 is 0 Å². The van der Waals surface area contributed by atoms with E-state index in [1.54, 1.807) is 12.1 Å². The van der Waals surface area contributed by atoms with Crippen LogP contribution in [0.3, 0.4) is 0 Å². The highest BCUT2D eigenvalue weighted by Crippen LogP contribution is 2.25. The Balaban J connectivity index is 1.80. The Bertz CT molecular complexity index is 485. The maximum atomic E-state index is 13.3. The van der Waals surface area contributed by atoms with E-state index in [0.717, 1.165) is 32.4 Å². The molecule has 1 aromatic rings. The van der Waals surface area contributed by atoms with Gasteiger partial charge in [0.25, 0.3) is 5.91 Å². The number of carbonyl (C=O) groups excluding carboxylic acids is 1. The van der Waals surface area contributed by atoms with E-state index in [2.05, 4.69) is 5.32 Å². The molecule has 3 rings (SSSR count). The maximum Gasteiger partial charge on any atom is 0.254 e. The number of likely N-dealkylation sites (tertiary alicyclic amines) is 1. The molecule has 1 N–H and O–H groups in total. The van der Waals surface area contributed by atoms with Crippen molar-refractivity contribution in [1.29, 1.82) is 0 Å². The summed E-state index contributed by atoms with van der Waals surface area (Å²) in [7, 11) is 0. The highest BCUT2D eigenvalue weighted by atomic mass is 19.1. The second-order valence-corrected chi connectivity index (χ2v) is 5.77. The van der Waals surface area contributed by atoms with Crippen LogP contribution in [0.25, 0.3) is 0 Å². The van der Waals surface area contributed by atoms with Crippen molar-refractivity contribution in [2.24, 2.45) is 0 Å². The zero-order valence-electron chi connectivity index (χ0n) is 11.6. The van der Waals surface area contributed by atoms with Crippen LogP contribution < -0.4 is 5.32 Å². The largest absolute Gasteiger partial charge is 0.334 e. The average molecular weight is 276 g/mol. The van der Waals surface area contributed by atoms with Gasteiger partial charge in [-0.15, -0.1) is 0 Å². The summed E-state index contributed by atoms with van der Waals surface area (Å²) in [4.78, 5) is 14.6. The van der Waals surface area contributed by atoms with E-state index >= 15 is 0 Å². The summed E-state index contributed by atoms with van der Waals surface area (Å²) in [5.41, 5.74) is 0.467. The van der Waals surface area contributed by atoms with Crippen LogP contribution in [0.5, 0.6) is 0 Å². The lowest BCUT2D eigenvalue weighted by Crippen LogP contribution is -2.52. The zero-order chi connectivity index (χ0) is 13.9. The van der Waals surface area contributed by atoms with Crippen molar-refractivity contribution in [2.75, 3.05) is 13.1 Å². The topological polar surface area (TPSA) is 32.3 Å². The Labute approximate surface area is 119 Å². The van der Waals surface area contributed by atoms with Crippen LogP contribution in [0.4, 0.5) is 4.39 Å². The standard InChI is InChI=1S/C16H21FN2O/c17-13-6-3-5-12(11-13)16(20)19-10-2-1-8-15(19)14-7-4-9-18-14/h3,5-6,11,14-15,18H,1-2,4,7-10H2. The molecule has 1 aromatic carbocycles. The van der Waals surface area contributed by atoms with Gasteiger partial charge in [0.2, 0.25) is 0 Å². The number of halogens is 1.